The molecule has 1 atom stereocenters. The molecule has 0 rings (SSSR count). The van der Waals surface area contributed by atoms with E-state index in [0.29, 0.717) is 22.2 Å². The van der Waals surface area contributed by atoms with Crippen LogP contribution in [0, 0.1) is 0 Å². The van der Waals surface area contributed by atoms with Gasteiger partial charge in [0.1, 0.15) is 0 Å². The zero-order valence-corrected chi connectivity index (χ0v) is 15.1. The Labute approximate surface area is 109 Å². The lowest BCUT2D eigenvalue weighted by molar-refractivity contribution is 0.491. The average Bonchev–Trinajstić information content (AvgIpc) is 2.11. The number of halogens is 1. The molecule has 0 saturated carbocycles. The van der Waals surface area contributed by atoms with Crippen molar-refractivity contribution in [3.8, 4) is 0 Å². The number of hydrogen-bond acceptors (Lipinski definition) is 1. The minimum absolute atomic E-state index is 0.518. The third kappa shape index (κ3) is 3.59. The Morgan fingerprint density at radius 2 is 1.12 bits per heavy atom. The molecule has 0 aromatic rings. The smallest absolute Gasteiger partial charge is 0.266 e. The molecule has 16 heavy (non-hydrogen) atoms. The molecule has 0 aliphatic carbocycles. The van der Waals surface area contributed by atoms with Crippen LogP contribution in [0.2, 0.25) is 22.2 Å². The molecule has 0 amide bonds. The molecule has 1 unspecified atom stereocenters. The normalized spacial score (nSPS) is 15.6. The predicted octanol–water partition coefficient (Wildman–Crippen LogP) is 5.05. The van der Waals surface area contributed by atoms with Crippen molar-refractivity contribution >= 4 is 27.7 Å². The van der Waals surface area contributed by atoms with E-state index in [1.54, 1.807) is 0 Å². The standard InChI is InChI=1S/C12H29ClOSi2/c1-9(2)15(13)14-16(10(3)4,11(5)6)12(7)8/h9-12,15H,1-8H3. The van der Waals surface area contributed by atoms with Gasteiger partial charge in [0.25, 0.3) is 8.35 Å². The Morgan fingerprint density at radius 1 is 0.812 bits per heavy atom. The lowest BCUT2D eigenvalue weighted by atomic mass is 10.5. The van der Waals surface area contributed by atoms with Gasteiger partial charge < -0.3 is 4.12 Å². The number of rotatable bonds is 6. The summed E-state index contributed by atoms with van der Waals surface area (Å²) in [5, 5.41) is 0. The Kier molecular flexibility index (Phi) is 6.85. The fraction of sp³-hybridized carbons (Fsp3) is 1.00. The Bertz CT molecular complexity index is 183. The van der Waals surface area contributed by atoms with E-state index in [1.165, 1.54) is 0 Å². The molecule has 0 radical (unpaired) electrons. The second-order valence-corrected chi connectivity index (χ2v) is 15.5. The third-order valence-corrected chi connectivity index (χ3v) is 14.9. The maximum atomic E-state index is 6.53. The third-order valence-electron chi connectivity index (χ3n) is 3.55. The SMILES string of the molecule is CC(C)[SiH](Cl)O[Si](C(C)C)(C(C)C)C(C)C. The van der Waals surface area contributed by atoms with Gasteiger partial charge in [0.2, 0.25) is 0 Å². The van der Waals surface area contributed by atoms with Crippen molar-refractivity contribution in [2.45, 2.75) is 77.6 Å². The van der Waals surface area contributed by atoms with Crippen LogP contribution in [0.5, 0.6) is 0 Å². The molecule has 0 spiro atoms. The molecule has 1 nitrogen and oxygen atoms in total. The lowest BCUT2D eigenvalue weighted by Gasteiger charge is -2.44. The first-order chi connectivity index (χ1) is 7.16. The second-order valence-electron chi connectivity index (χ2n) is 6.03. The minimum Gasteiger partial charge on any atom is -0.446 e. The van der Waals surface area contributed by atoms with Gasteiger partial charge in [0, 0.05) is 0 Å². The van der Waals surface area contributed by atoms with Gasteiger partial charge in [0.05, 0.1) is 0 Å². The Hall–Kier alpha value is 0.684. The molecule has 0 fully saturated rings. The van der Waals surface area contributed by atoms with Crippen LogP contribution >= 0.6 is 11.1 Å². The van der Waals surface area contributed by atoms with Gasteiger partial charge in [-0.05, 0) is 22.2 Å². The summed E-state index contributed by atoms with van der Waals surface area (Å²) in [5.41, 5.74) is 2.43. The highest BCUT2D eigenvalue weighted by molar-refractivity contribution is 7.07. The quantitative estimate of drug-likeness (QED) is 0.489. The minimum atomic E-state index is -1.72. The van der Waals surface area contributed by atoms with Gasteiger partial charge in [-0.25, -0.2) is 0 Å². The van der Waals surface area contributed by atoms with E-state index < -0.39 is 16.7 Å². The molecule has 0 aromatic carbocycles. The average molecular weight is 281 g/mol. The first kappa shape index (κ1) is 16.7. The fourth-order valence-corrected chi connectivity index (χ4v) is 14.0. The summed E-state index contributed by atoms with van der Waals surface area (Å²) >= 11 is 6.48. The van der Waals surface area contributed by atoms with Crippen LogP contribution in [-0.2, 0) is 4.12 Å². The van der Waals surface area contributed by atoms with Crippen molar-refractivity contribution in [1.29, 1.82) is 0 Å². The number of hydrogen-bond donors (Lipinski definition) is 0. The van der Waals surface area contributed by atoms with Crippen molar-refractivity contribution < 1.29 is 4.12 Å². The predicted molar refractivity (Wildman–Crippen MR) is 80.2 cm³/mol. The summed E-state index contributed by atoms with van der Waals surface area (Å²) in [6, 6.07) is 0. The van der Waals surface area contributed by atoms with Crippen molar-refractivity contribution in [2.24, 2.45) is 0 Å². The molecule has 0 N–H and O–H groups in total. The summed E-state index contributed by atoms with van der Waals surface area (Å²) in [4.78, 5) is 0. The van der Waals surface area contributed by atoms with E-state index in [4.69, 9.17) is 15.2 Å². The molecular formula is C12H29ClOSi2. The summed E-state index contributed by atoms with van der Waals surface area (Å²) < 4.78 is 6.53. The maximum Gasteiger partial charge on any atom is 0.266 e. The fourth-order valence-electron chi connectivity index (χ4n) is 2.74. The molecule has 4 heteroatoms. The summed E-state index contributed by atoms with van der Waals surface area (Å²) in [5.74, 6) is 0. The maximum absolute atomic E-state index is 6.53. The summed E-state index contributed by atoms with van der Waals surface area (Å²) in [7, 11) is -3.26. The first-order valence-corrected chi connectivity index (χ1v) is 11.5. The summed E-state index contributed by atoms with van der Waals surface area (Å²) in [6.07, 6.45) is 0. The monoisotopic (exact) mass is 280 g/mol. The van der Waals surface area contributed by atoms with Crippen LogP contribution < -0.4 is 0 Å². The van der Waals surface area contributed by atoms with E-state index in [2.05, 4.69) is 55.4 Å². The van der Waals surface area contributed by atoms with Gasteiger partial charge >= 0.3 is 0 Å². The van der Waals surface area contributed by atoms with E-state index in [9.17, 15) is 0 Å². The van der Waals surface area contributed by atoms with Crippen molar-refractivity contribution in [1.82, 2.24) is 0 Å². The van der Waals surface area contributed by atoms with Crippen molar-refractivity contribution in [3.05, 3.63) is 0 Å². The van der Waals surface area contributed by atoms with Crippen LogP contribution in [-0.4, -0.2) is 16.7 Å². The molecular weight excluding hydrogens is 252 g/mol. The molecule has 0 saturated heterocycles. The van der Waals surface area contributed by atoms with E-state index >= 15 is 0 Å². The highest BCUT2D eigenvalue weighted by atomic mass is 35.6. The van der Waals surface area contributed by atoms with Crippen molar-refractivity contribution in [2.75, 3.05) is 0 Å². The Balaban J connectivity index is 5.05. The zero-order valence-electron chi connectivity index (χ0n) is 12.2. The van der Waals surface area contributed by atoms with Gasteiger partial charge in [0.15, 0.2) is 8.32 Å². The summed E-state index contributed by atoms with van der Waals surface area (Å²) in [6.45, 7) is 18.2. The molecule has 0 aliphatic heterocycles. The van der Waals surface area contributed by atoms with Crippen LogP contribution in [0.3, 0.4) is 0 Å². The van der Waals surface area contributed by atoms with E-state index in [1.807, 2.05) is 0 Å². The van der Waals surface area contributed by atoms with Crippen LogP contribution in [0.15, 0.2) is 0 Å². The first-order valence-electron chi connectivity index (χ1n) is 6.48. The largest absolute Gasteiger partial charge is 0.446 e. The second kappa shape index (κ2) is 6.57. The molecule has 0 aliphatic rings. The van der Waals surface area contributed by atoms with Gasteiger partial charge in [-0.2, -0.15) is 0 Å². The molecule has 0 heterocycles. The van der Waals surface area contributed by atoms with Crippen molar-refractivity contribution in [3.63, 3.8) is 0 Å². The van der Waals surface area contributed by atoms with Gasteiger partial charge in [-0.15, -0.1) is 11.1 Å². The van der Waals surface area contributed by atoms with E-state index in [-0.39, 0.29) is 0 Å². The van der Waals surface area contributed by atoms with Gasteiger partial charge in [-0.1, -0.05) is 55.4 Å². The topological polar surface area (TPSA) is 9.23 Å². The zero-order chi connectivity index (χ0) is 13.1. The highest BCUT2D eigenvalue weighted by Gasteiger charge is 2.46. The van der Waals surface area contributed by atoms with E-state index in [0.717, 1.165) is 0 Å². The lowest BCUT2D eigenvalue weighted by Crippen LogP contribution is -2.50. The highest BCUT2D eigenvalue weighted by Crippen LogP contribution is 2.43. The van der Waals surface area contributed by atoms with Crippen LogP contribution in [0.25, 0.3) is 0 Å². The molecule has 0 bridgehead atoms. The van der Waals surface area contributed by atoms with Gasteiger partial charge in [-0.3, -0.25) is 0 Å². The van der Waals surface area contributed by atoms with Crippen LogP contribution in [0.4, 0.5) is 0 Å². The molecule has 98 valence electrons. The Morgan fingerprint density at radius 3 is 1.31 bits per heavy atom. The molecule has 0 aromatic heterocycles. The van der Waals surface area contributed by atoms with Crippen LogP contribution in [0.1, 0.15) is 55.4 Å².